The Morgan fingerprint density at radius 2 is 1.82 bits per heavy atom. The molecule has 0 amide bonds. The highest BCUT2D eigenvalue weighted by atomic mass is 16.8. The minimum Gasteiger partial charge on any atom is -0.458 e. The average molecular weight is 302 g/mol. The first-order valence-corrected chi connectivity index (χ1v) is 6.42. The maximum Gasteiger partial charge on any atom is 0.321 e. The fourth-order valence-corrected chi connectivity index (χ4v) is 2.08. The van der Waals surface area contributed by atoms with E-state index in [9.17, 15) is 5.11 Å². The molecule has 1 atom stereocenters. The third-order valence-electron chi connectivity index (χ3n) is 3.12. The molecule has 2 aromatic heterocycles. The van der Waals surface area contributed by atoms with Crippen LogP contribution in [0.4, 0.5) is 0 Å². The Morgan fingerprint density at radius 1 is 1.05 bits per heavy atom. The summed E-state index contributed by atoms with van der Waals surface area (Å²) in [7, 11) is 0. The Morgan fingerprint density at radius 3 is 2.55 bits per heavy atom. The molecule has 3 rings (SSSR count). The predicted octanol–water partition coefficient (Wildman–Crippen LogP) is 2.19. The lowest BCUT2D eigenvalue weighted by atomic mass is 10.2. The average Bonchev–Trinajstić information content (AvgIpc) is 3.18. The zero-order valence-corrected chi connectivity index (χ0v) is 11.4. The SMILES string of the molecule is NOC(=Cc1ccc(C(O)c2cc3ccccc3o2)o1)ON. The summed E-state index contributed by atoms with van der Waals surface area (Å²) in [5.74, 6) is 10.8. The molecule has 0 saturated carbocycles. The van der Waals surface area contributed by atoms with Crippen molar-refractivity contribution < 1.29 is 23.6 Å². The van der Waals surface area contributed by atoms with Crippen molar-refractivity contribution in [3.8, 4) is 0 Å². The van der Waals surface area contributed by atoms with Crippen LogP contribution in [0.5, 0.6) is 0 Å². The molecule has 0 fully saturated rings. The summed E-state index contributed by atoms with van der Waals surface area (Å²) in [6.07, 6.45) is 0.310. The van der Waals surface area contributed by atoms with Gasteiger partial charge < -0.3 is 23.6 Å². The molecule has 0 aliphatic carbocycles. The van der Waals surface area contributed by atoms with Crippen LogP contribution in [0, 0.1) is 0 Å². The molecule has 0 aliphatic heterocycles. The highest BCUT2D eigenvalue weighted by Gasteiger charge is 2.19. The van der Waals surface area contributed by atoms with Crippen molar-refractivity contribution in [3.63, 3.8) is 0 Å². The van der Waals surface area contributed by atoms with Crippen LogP contribution in [0.15, 0.2) is 57.2 Å². The first-order chi connectivity index (χ1) is 10.7. The maximum absolute atomic E-state index is 10.3. The summed E-state index contributed by atoms with van der Waals surface area (Å²) < 4.78 is 11.1. The largest absolute Gasteiger partial charge is 0.458 e. The van der Waals surface area contributed by atoms with Gasteiger partial charge in [-0.3, -0.25) is 0 Å². The van der Waals surface area contributed by atoms with Gasteiger partial charge in [-0.2, -0.15) is 11.8 Å². The van der Waals surface area contributed by atoms with Gasteiger partial charge in [-0.25, -0.2) is 0 Å². The van der Waals surface area contributed by atoms with Crippen molar-refractivity contribution in [2.24, 2.45) is 11.8 Å². The van der Waals surface area contributed by atoms with E-state index in [1.54, 1.807) is 18.2 Å². The van der Waals surface area contributed by atoms with E-state index in [0.717, 1.165) is 5.39 Å². The Bertz CT molecular complexity index is 766. The van der Waals surface area contributed by atoms with Gasteiger partial charge in [0.1, 0.15) is 22.9 Å². The van der Waals surface area contributed by atoms with Gasteiger partial charge in [-0.15, -0.1) is 0 Å². The molecule has 22 heavy (non-hydrogen) atoms. The highest BCUT2D eigenvalue weighted by Crippen LogP contribution is 2.29. The van der Waals surface area contributed by atoms with E-state index in [-0.39, 0.29) is 5.95 Å². The van der Waals surface area contributed by atoms with Crippen LogP contribution in [0.3, 0.4) is 0 Å². The summed E-state index contributed by atoms with van der Waals surface area (Å²) >= 11 is 0. The number of nitrogens with two attached hydrogens (primary N) is 2. The van der Waals surface area contributed by atoms with Gasteiger partial charge in [-0.1, -0.05) is 18.2 Å². The number of aliphatic hydroxyl groups excluding tert-OH is 1. The van der Waals surface area contributed by atoms with Crippen LogP contribution >= 0.6 is 0 Å². The van der Waals surface area contributed by atoms with Gasteiger partial charge in [-0.05, 0) is 24.3 Å². The van der Waals surface area contributed by atoms with E-state index in [4.69, 9.17) is 20.6 Å². The molecule has 0 bridgehead atoms. The van der Waals surface area contributed by atoms with Crippen LogP contribution in [0.25, 0.3) is 17.0 Å². The molecular weight excluding hydrogens is 288 g/mol. The quantitative estimate of drug-likeness (QED) is 0.488. The molecule has 2 heterocycles. The summed E-state index contributed by atoms with van der Waals surface area (Å²) in [6.45, 7) is 0. The summed E-state index contributed by atoms with van der Waals surface area (Å²) in [5.41, 5.74) is 0.693. The third kappa shape index (κ3) is 2.68. The molecule has 0 saturated heterocycles. The standard InChI is InChI=1S/C15H14N2O5/c16-21-14(22-17)8-10-5-6-12(19-10)15(18)13-7-9-3-1-2-4-11(9)20-13/h1-8,15,18H,16-17H2. The number of para-hydroxylation sites is 1. The van der Waals surface area contributed by atoms with E-state index < -0.39 is 6.10 Å². The van der Waals surface area contributed by atoms with Crippen molar-refractivity contribution in [2.45, 2.75) is 6.10 Å². The van der Waals surface area contributed by atoms with Crippen molar-refractivity contribution >= 4 is 17.0 Å². The summed E-state index contributed by atoms with van der Waals surface area (Å²) in [4.78, 5) is 8.74. The molecule has 0 radical (unpaired) electrons. The van der Waals surface area contributed by atoms with Crippen LogP contribution in [-0.4, -0.2) is 5.11 Å². The van der Waals surface area contributed by atoms with Crippen LogP contribution < -0.4 is 11.8 Å². The number of aliphatic hydroxyl groups is 1. The van der Waals surface area contributed by atoms with Crippen molar-refractivity contribution in [2.75, 3.05) is 0 Å². The van der Waals surface area contributed by atoms with Gasteiger partial charge in [0.2, 0.25) is 0 Å². The third-order valence-corrected chi connectivity index (χ3v) is 3.12. The van der Waals surface area contributed by atoms with Gasteiger partial charge >= 0.3 is 5.95 Å². The second-order valence-electron chi connectivity index (χ2n) is 4.53. The monoisotopic (exact) mass is 302 g/mol. The number of furan rings is 2. The normalized spacial score (nSPS) is 12.1. The van der Waals surface area contributed by atoms with Gasteiger partial charge in [0, 0.05) is 5.39 Å². The molecule has 0 spiro atoms. The molecule has 114 valence electrons. The lowest BCUT2D eigenvalue weighted by Gasteiger charge is -2.03. The van der Waals surface area contributed by atoms with Crippen LogP contribution in [-0.2, 0) is 9.68 Å². The first kappa shape index (κ1) is 14.2. The van der Waals surface area contributed by atoms with E-state index in [1.165, 1.54) is 6.08 Å². The van der Waals surface area contributed by atoms with E-state index in [2.05, 4.69) is 9.68 Å². The predicted molar refractivity (Wildman–Crippen MR) is 77.5 cm³/mol. The lowest BCUT2D eigenvalue weighted by Crippen LogP contribution is -2.06. The first-order valence-electron chi connectivity index (χ1n) is 6.42. The number of benzene rings is 1. The molecule has 7 nitrogen and oxygen atoms in total. The number of hydrogen-bond acceptors (Lipinski definition) is 7. The lowest BCUT2D eigenvalue weighted by molar-refractivity contribution is 0.0383. The summed E-state index contributed by atoms with van der Waals surface area (Å²) in [5, 5.41) is 11.2. The van der Waals surface area contributed by atoms with E-state index in [1.807, 2.05) is 24.3 Å². The topological polar surface area (TPSA) is 117 Å². The number of hydrogen-bond donors (Lipinski definition) is 3. The molecule has 1 aromatic carbocycles. The number of rotatable bonds is 5. The van der Waals surface area contributed by atoms with Gasteiger partial charge in [0.25, 0.3) is 0 Å². The molecule has 3 aromatic rings. The molecule has 7 heteroatoms. The van der Waals surface area contributed by atoms with Gasteiger partial charge in [0.05, 0.1) is 6.08 Å². The maximum atomic E-state index is 10.3. The van der Waals surface area contributed by atoms with Crippen molar-refractivity contribution in [1.82, 2.24) is 0 Å². The second-order valence-corrected chi connectivity index (χ2v) is 4.53. The Labute approximate surface area is 125 Å². The Hall–Kier alpha value is -2.74. The zero-order chi connectivity index (χ0) is 15.5. The van der Waals surface area contributed by atoms with Gasteiger partial charge in [0.15, 0.2) is 6.10 Å². The summed E-state index contributed by atoms with van der Waals surface area (Å²) in [6, 6.07) is 12.5. The highest BCUT2D eigenvalue weighted by molar-refractivity contribution is 5.77. The minimum atomic E-state index is -1.03. The fourth-order valence-electron chi connectivity index (χ4n) is 2.08. The minimum absolute atomic E-state index is 0.126. The van der Waals surface area contributed by atoms with E-state index >= 15 is 0 Å². The van der Waals surface area contributed by atoms with E-state index in [0.29, 0.717) is 22.9 Å². The van der Waals surface area contributed by atoms with Crippen molar-refractivity contribution in [3.05, 3.63) is 65.7 Å². The fraction of sp³-hybridized carbons (Fsp3) is 0.0667. The van der Waals surface area contributed by atoms with Crippen LogP contribution in [0.1, 0.15) is 23.4 Å². The Balaban J connectivity index is 1.87. The number of fused-ring (bicyclic) bond motifs is 1. The zero-order valence-electron chi connectivity index (χ0n) is 11.4. The smallest absolute Gasteiger partial charge is 0.321 e. The van der Waals surface area contributed by atoms with Crippen LogP contribution in [0.2, 0.25) is 0 Å². The second kappa shape index (κ2) is 5.94. The molecule has 0 aliphatic rings. The molecule has 1 unspecified atom stereocenters. The molecular formula is C15H14N2O5. The van der Waals surface area contributed by atoms with Crippen molar-refractivity contribution in [1.29, 1.82) is 0 Å². The molecule has 5 N–H and O–H groups in total. The Kier molecular flexibility index (Phi) is 3.84.